The predicted octanol–water partition coefficient (Wildman–Crippen LogP) is 1.85. The second-order valence-electron chi connectivity index (χ2n) is 5.10. The summed E-state index contributed by atoms with van der Waals surface area (Å²) in [5.74, 6) is 0.0704. The van der Waals surface area contributed by atoms with E-state index in [1.54, 1.807) is 11.3 Å². The van der Waals surface area contributed by atoms with Gasteiger partial charge in [0.25, 0.3) is 5.91 Å². The van der Waals surface area contributed by atoms with Crippen LogP contribution in [0.1, 0.15) is 45.8 Å². The predicted molar refractivity (Wildman–Crippen MR) is 69.4 cm³/mol. The molecule has 4 heteroatoms. The Hall–Kier alpha value is -0.870. The van der Waals surface area contributed by atoms with Crippen molar-refractivity contribution < 1.29 is 4.79 Å². The van der Waals surface area contributed by atoms with Gasteiger partial charge in [-0.2, -0.15) is 0 Å². The van der Waals surface area contributed by atoms with Crippen molar-refractivity contribution in [2.75, 3.05) is 0 Å². The Morgan fingerprint density at radius 1 is 1.35 bits per heavy atom. The van der Waals surface area contributed by atoms with Crippen molar-refractivity contribution in [2.45, 2.75) is 50.6 Å². The largest absolute Gasteiger partial charge is 0.347 e. The Labute approximate surface area is 105 Å². The summed E-state index contributed by atoms with van der Waals surface area (Å²) in [6.07, 6.45) is 7.06. The molecule has 1 heterocycles. The lowest BCUT2D eigenvalue weighted by Crippen LogP contribution is -2.28. The van der Waals surface area contributed by atoms with E-state index in [1.165, 1.54) is 29.7 Å². The van der Waals surface area contributed by atoms with Crippen LogP contribution in [0.3, 0.4) is 0 Å². The molecule has 1 fully saturated rings. The summed E-state index contributed by atoms with van der Waals surface area (Å²) in [7, 11) is 0. The fourth-order valence-corrected chi connectivity index (χ4v) is 3.56. The molecular formula is C13H18N2OS. The lowest BCUT2D eigenvalue weighted by Gasteiger charge is -2.00. The van der Waals surface area contributed by atoms with E-state index in [-0.39, 0.29) is 18.0 Å². The minimum atomic E-state index is 0.0704. The van der Waals surface area contributed by atoms with Crippen LogP contribution < -0.4 is 11.1 Å². The number of amides is 1. The van der Waals surface area contributed by atoms with Crippen molar-refractivity contribution in [1.29, 1.82) is 0 Å². The molecule has 1 amide bonds. The Kier molecular flexibility index (Phi) is 2.92. The number of carbonyl (C=O) groups excluding carboxylic acids is 1. The highest BCUT2D eigenvalue weighted by molar-refractivity contribution is 7.14. The number of carbonyl (C=O) groups is 1. The van der Waals surface area contributed by atoms with Crippen LogP contribution in [-0.4, -0.2) is 18.0 Å². The summed E-state index contributed by atoms with van der Waals surface area (Å²) in [5.41, 5.74) is 7.10. The number of hydrogen-bond donors (Lipinski definition) is 2. The van der Waals surface area contributed by atoms with E-state index in [0.29, 0.717) is 0 Å². The summed E-state index contributed by atoms with van der Waals surface area (Å²) in [6.45, 7) is 0. The molecule has 1 aromatic heterocycles. The van der Waals surface area contributed by atoms with Crippen LogP contribution in [0.2, 0.25) is 0 Å². The lowest BCUT2D eigenvalue weighted by molar-refractivity contribution is 0.0954. The lowest BCUT2D eigenvalue weighted by atomic mass is 10.1. The Bertz CT molecular complexity index is 417. The quantitative estimate of drug-likeness (QED) is 0.787. The van der Waals surface area contributed by atoms with Crippen LogP contribution in [0.15, 0.2) is 6.07 Å². The molecule has 0 radical (unpaired) electrons. The maximum Gasteiger partial charge on any atom is 0.261 e. The maximum absolute atomic E-state index is 12.0. The molecule has 3 rings (SSSR count). The Balaban J connectivity index is 1.72. The van der Waals surface area contributed by atoms with Crippen LogP contribution in [-0.2, 0) is 12.8 Å². The second kappa shape index (κ2) is 4.42. The number of fused-ring (bicyclic) bond motifs is 1. The molecule has 2 unspecified atom stereocenters. The summed E-state index contributed by atoms with van der Waals surface area (Å²) in [6, 6.07) is 2.48. The molecule has 3 N–H and O–H groups in total. The van der Waals surface area contributed by atoms with Gasteiger partial charge in [-0.05, 0) is 43.7 Å². The highest BCUT2D eigenvalue weighted by Gasteiger charge is 2.35. The average Bonchev–Trinajstić information content (AvgIpc) is 2.91. The van der Waals surface area contributed by atoms with Gasteiger partial charge < -0.3 is 11.1 Å². The van der Waals surface area contributed by atoms with Gasteiger partial charge in [0, 0.05) is 17.0 Å². The van der Waals surface area contributed by atoms with E-state index in [0.717, 1.165) is 24.1 Å². The van der Waals surface area contributed by atoms with E-state index < -0.39 is 0 Å². The number of aryl methyl sites for hydroxylation is 2. The number of nitrogens with two attached hydrogens (primary N) is 1. The minimum absolute atomic E-state index is 0.0704. The van der Waals surface area contributed by atoms with Crippen LogP contribution in [0.25, 0.3) is 0 Å². The minimum Gasteiger partial charge on any atom is -0.347 e. The van der Waals surface area contributed by atoms with Crippen molar-refractivity contribution in [3.63, 3.8) is 0 Å². The van der Waals surface area contributed by atoms with Gasteiger partial charge in [-0.25, -0.2) is 0 Å². The van der Waals surface area contributed by atoms with Crippen molar-refractivity contribution in [3.05, 3.63) is 21.4 Å². The van der Waals surface area contributed by atoms with Crippen LogP contribution >= 0.6 is 11.3 Å². The molecule has 0 spiro atoms. The zero-order valence-electron chi connectivity index (χ0n) is 9.87. The molecule has 2 atom stereocenters. The highest BCUT2D eigenvalue weighted by Crippen LogP contribution is 2.29. The summed E-state index contributed by atoms with van der Waals surface area (Å²) in [4.78, 5) is 14.3. The van der Waals surface area contributed by atoms with Crippen LogP contribution in [0.5, 0.6) is 0 Å². The first-order valence-corrected chi connectivity index (χ1v) is 7.24. The van der Waals surface area contributed by atoms with Gasteiger partial charge in [0.2, 0.25) is 0 Å². The van der Waals surface area contributed by atoms with Gasteiger partial charge in [0.1, 0.15) is 0 Å². The topological polar surface area (TPSA) is 55.1 Å². The first kappa shape index (κ1) is 11.2. The molecule has 0 bridgehead atoms. The monoisotopic (exact) mass is 250 g/mol. The molecular weight excluding hydrogens is 232 g/mol. The number of nitrogens with one attached hydrogen (secondary N) is 1. The van der Waals surface area contributed by atoms with Crippen LogP contribution in [0, 0.1) is 0 Å². The zero-order chi connectivity index (χ0) is 11.8. The molecule has 17 heavy (non-hydrogen) atoms. The van der Waals surface area contributed by atoms with Gasteiger partial charge in [-0.15, -0.1) is 11.3 Å². The summed E-state index contributed by atoms with van der Waals surface area (Å²) < 4.78 is 0. The SMILES string of the molecule is NC1CC1NC(=O)c1cc2c(s1)CCCCC2. The normalized spacial score (nSPS) is 27.1. The van der Waals surface area contributed by atoms with Gasteiger partial charge >= 0.3 is 0 Å². The fraction of sp³-hybridized carbons (Fsp3) is 0.615. The van der Waals surface area contributed by atoms with Crippen molar-refractivity contribution in [3.8, 4) is 0 Å². The Morgan fingerprint density at radius 2 is 2.12 bits per heavy atom. The van der Waals surface area contributed by atoms with Crippen LogP contribution in [0.4, 0.5) is 0 Å². The zero-order valence-corrected chi connectivity index (χ0v) is 10.7. The maximum atomic E-state index is 12.0. The Morgan fingerprint density at radius 3 is 2.88 bits per heavy atom. The number of hydrogen-bond acceptors (Lipinski definition) is 3. The van der Waals surface area contributed by atoms with Gasteiger partial charge in [-0.1, -0.05) is 6.42 Å². The number of rotatable bonds is 2. The third kappa shape index (κ3) is 2.38. The average molecular weight is 250 g/mol. The van der Waals surface area contributed by atoms with E-state index in [4.69, 9.17) is 5.73 Å². The molecule has 1 aromatic rings. The van der Waals surface area contributed by atoms with Gasteiger partial charge in [0.05, 0.1) is 4.88 Å². The van der Waals surface area contributed by atoms with Crippen molar-refractivity contribution in [1.82, 2.24) is 5.32 Å². The molecule has 92 valence electrons. The number of thiophene rings is 1. The highest BCUT2D eigenvalue weighted by atomic mass is 32.1. The molecule has 3 nitrogen and oxygen atoms in total. The molecule has 2 aliphatic carbocycles. The standard InChI is InChI=1S/C13H18N2OS/c14-9-7-10(9)15-13(16)12-6-8-4-2-1-3-5-11(8)17-12/h6,9-10H,1-5,7,14H2,(H,15,16). The van der Waals surface area contributed by atoms with E-state index >= 15 is 0 Å². The van der Waals surface area contributed by atoms with E-state index in [1.807, 2.05) is 0 Å². The van der Waals surface area contributed by atoms with Gasteiger partial charge in [0.15, 0.2) is 0 Å². The summed E-state index contributed by atoms with van der Waals surface area (Å²) >= 11 is 1.67. The van der Waals surface area contributed by atoms with Crippen molar-refractivity contribution in [2.24, 2.45) is 5.73 Å². The molecule has 1 saturated carbocycles. The smallest absolute Gasteiger partial charge is 0.261 e. The third-order valence-electron chi connectivity index (χ3n) is 3.63. The van der Waals surface area contributed by atoms with E-state index in [9.17, 15) is 4.79 Å². The van der Waals surface area contributed by atoms with E-state index in [2.05, 4.69) is 11.4 Å². The molecule has 2 aliphatic rings. The van der Waals surface area contributed by atoms with Gasteiger partial charge in [-0.3, -0.25) is 4.79 Å². The third-order valence-corrected chi connectivity index (χ3v) is 4.86. The molecule has 0 aliphatic heterocycles. The molecule has 0 saturated heterocycles. The first-order valence-electron chi connectivity index (χ1n) is 6.42. The fourth-order valence-electron chi connectivity index (χ4n) is 2.40. The second-order valence-corrected chi connectivity index (χ2v) is 6.24. The van der Waals surface area contributed by atoms with Crippen molar-refractivity contribution >= 4 is 17.2 Å². The first-order chi connectivity index (χ1) is 8.24. The molecule has 0 aromatic carbocycles. The summed E-state index contributed by atoms with van der Waals surface area (Å²) in [5, 5.41) is 2.99.